The van der Waals surface area contributed by atoms with Crippen LogP contribution in [0.15, 0.2) is 49.7 Å². The predicted octanol–water partition coefficient (Wildman–Crippen LogP) is 4.23. The summed E-state index contributed by atoms with van der Waals surface area (Å²) in [5.41, 5.74) is -0.522. The van der Waals surface area contributed by atoms with Crippen molar-refractivity contribution >= 4 is 5.57 Å². The van der Waals surface area contributed by atoms with Crippen LogP contribution >= 0.6 is 0 Å². The van der Waals surface area contributed by atoms with Crippen LogP contribution in [-0.4, -0.2) is 9.78 Å². The second-order valence-corrected chi connectivity index (χ2v) is 3.94. The molecule has 19 heavy (non-hydrogen) atoms. The first-order chi connectivity index (χ1) is 8.86. The molecule has 0 aliphatic heterocycles. The van der Waals surface area contributed by atoms with Gasteiger partial charge in [0.2, 0.25) is 0 Å². The van der Waals surface area contributed by atoms with Crippen LogP contribution in [0, 0.1) is 0 Å². The van der Waals surface area contributed by atoms with E-state index in [-0.39, 0.29) is 12.1 Å². The van der Waals surface area contributed by atoms with Crippen molar-refractivity contribution in [2.45, 2.75) is 19.6 Å². The Morgan fingerprint density at radius 1 is 1.37 bits per heavy atom. The summed E-state index contributed by atoms with van der Waals surface area (Å²) in [6.07, 6.45) is 5.38. The summed E-state index contributed by atoms with van der Waals surface area (Å²) in [5.74, 6) is 0. The van der Waals surface area contributed by atoms with Crippen molar-refractivity contribution in [3.8, 4) is 0 Å². The van der Waals surface area contributed by atoms with Gasteiger partial charge >= 0.3 is 6.18 Å². The van der Waals surface area contributed by atoms with Crippen molar-refractivity contribution in [1.82, 2.24) is 9.78 Å². The largest absolute Gasteiger partial charge is 0.435 e. The highest BCUT2D eigenvalue weighted by atomic mass is 19.4. The van der Waals surface area contributed by atoms with Gasteiger partial charge in [0, 0.05) is 11.8 Å². The summed E-state index contributed by atoms with van der Waals surface area (Å²) in [4.78, 5) is 0. The van der Waals surface area contributed by atoms with Gasteiger partial charge in [-0.3, -0.25) is 4.68 Å². The van der Waals surface area contributed by atoms with Gasteiger partial charge in [0.1, 0.15) is 0 Å². The Morgan fingerprint density at radius 3 is 2.53 bits per heavy atom. The Bertz CT molecular complexity index is 519. The summed E-state index contributed by atoms with van der Waals surface area (Å²) < 4.78 is 39.5. The molecule has 102 valence electrons. The van der Waals surface area contributed by atoms with Gasteiger partial charge in [-0.2, -0.15) is 18.3 Å². The minimum atomic E-state index is -4.47. The van der Waals surface area contributed by atoms with E-state index in [1.165, 1.54) is 17.8 Å². The molecule has 0 radical (unpaired) electrons. The predicted molar refractivity (Wildman–Crippen MR) is 70.4 cm³/mol. The van der Waals surface area contributed by atoms with E-state index in [9.17, 15) is 13.2 Å². The van der Waals surface area contributed by atoms with Gasteiger partial charge in [-0.1, -0.05) is 43.5 Å². The average molecular weight is 268 g/mol. The molecule has 2 nitrogen and oxygen atoms in total. The Kier molecular flexibility index (Phi) is 4.92. The van der Waals surface area contributed by atoms with E-state index in [1.54, 1.807) is 30.4 Å². The van der Waals surface area contributed by atoms with Crippen molar-refractivity contribution in [2.24, 2.45) is 0 Å². The van der Waals surface area contributed by atoms with Crippen LogP contribution in [0.1, 0.15) is 18.2 Å². The lowest BCUT2D eigenvalue weighted by molar-refractivity contribution is -0.141. The Balaban J connectivity index is 2.93. The van der Waals surface area contributed by atoms with Gasteiger partial charge < -0.3 is 0 Å². The average Bonchev–Trinajstić information content (AvgIpc) is 2.73. The van der Waals surface area contributed by atoms with E-state index in [4.69, 9.17) is 0 Å². The molecule has 0 atom stereocenters. The minimum Gasteiger partial charge on any atom is -0.268 e. The van der Waals surface area contributed by atoms with Gasteiger partial charge in [0.05, 0.1) is 6.54 Å². The van der Waals surface area contributed by atoms with E-state index in [0.717, 1.165) is 0 Å². The number of alkyl halides is 3. The molecule has 0 aromatic carbocycles. The zero-order valence-corrected chi connectivity index (χ0v) is 10.6. The molecule has 0 aliphatic rings. The number of allylic oxidation sites excluding steroid dienone is 6. The fraction of sp³-hybridized carbons (Fsp3) is 0.214. The fourth-order valence-electron chi connectivity index (χ4n) is 1.43. The Morgan fingerprint density at radius 2 is 2.05 bits per heavy atom. The van der Waals surface area contributed by atoms with Crippen LogP contribution in [0.2, 0.25) is 0 Å². The van der Waals surface area contributed by atoms with Crippen LogP contribution in [-0.2, 0) is 12.7 Å². The quantitative estimate of drug-likeness (QED) is 0.730. The molecule has 0 fully saturated rings. The van der Waals surface area contributed by atoms with Crippen LogP contribution < -0.4 is 0 Å². The lowest BCUT2D eigenvalue weighted by Gasteiger charge is -2.04. The number of halogens is 3. The lowest BCUT2D eigenvalue weighted by Crippen LogP contribution is -2.09. The number of rotatable bonds is 5. The third-order valence-corrected chi connectivity index (χ3v) is 2.28. The highest BCUT2D eigenvalue weighted by Gasteiger charge is 2.37. The van der Waals surface area contributed by atoms with Gasteiger partial charge in [0.25, 0.3) is 0 Å². The Labute approximate surface area is 110 Å². The molecular formula is C14H15F3N2. The number of nitrogens with zero attached hydrogens (tertiary/aromatic N) is 2. The summed E-state index contributed by atoms with van der Waals surface area (Å²) >= 11 is 0. The zero-order valence-electron chi connectivity index (χ0n) is 10.6. The zero-order chi connectivity index (χ0) is 14.5. The maximum Gasteiger partial charge on any atom is 0.435 e. The van der Waals surface area contributed by atoms with E-state index in [1.807, 2.05) is 0 Å². The summed E-state index contributed by atoms with van der Waals surface area (Å²) in [6.45, 7) is 8.83. The third kappa shape index (κ3) is 4.28. The van der Waals surface area contributed by atoms with Crippen molar-refractivity contribution in [3.05, 3.63) is 61.0 Å². The van der Waals surface area contributed by atoms with Crippen LogP contribution in [0.25, 0.3) is 5.57 Å². The van der Waals surface area contributed by atoms with E-state index >= 15 is 0 Å². The van der Waals surface area contributed by atoms with Gasteiger partial charge in [-0.05, 0) is 12.5 Å². The van der Waals surface area contributed by atoms with E-state index in [2.05, 4.69) is 18.3 Å². The molecule has 5 heteroatoms. The lowest BCUT2D eigenvalue weighted by atomic mass is 10.1. The normalized spacial score (nSPS) is 12.4. The molecule has 1 rings (SSSR count). The van der Waals surface area contributed by atoms with Gasteiger partial charge in [0.15, 0.2) is 5.69 Å². The summed E-state index contributed by atoms with van der Waals surface area (Å²) in [7, 11) is 0. The molecule has 1 aromatic rings. The number of hydrogen-bond donors (Lipinski definition) is 0. The molecule has 0 spiro atoms. The van der Waals surface area contributed by atoms with Gasteiger partial charge in [-0.25, -0.2) is 0 Å². The molecule has 0 amide bonds. The fourth-order valence-corrected chi connectivity index (χ4v) is 1.43. The van der Waals surface area contributed by atoms with Crippen LogP contribution in [0.4, 0.5) is 13.2 Å². The highest BCUT2D eigenvalue weighted by Crippen LogP contribution is 2.33. The molecule has 0 saturated heterocycles. The minimum absolute atomic E-state index is 0.0301. The summed E-state index contributed by atoms with van der Waals surface area (Å²) in [6, 6.07) is 0. The molecule has 0 aliphatic carbocycles. The molecule has 0 unspecified atom stereocenters. The topological polar surface area (TPSA) is 17.8 Å². The first kappa shape index (κ1) is 15.0. The first-order valence-electron chi connectivity index (χ1n) is 5.61. The SMILES string of the molecule is C=C/C=C\C=C/Cn1cc(C(=C)C)c(C(F)(F)F)n1. The molecule has 0 bridgehead atoms. The monoisotopic (exact) mass is 268 g/mol. The smallest absolute Gasteiger partial charge is 0.268 e. The van der Waals surface area contributed by atoms with Crippen LogP contribution in [0.3, 0.4) is 0 Å². The maximum absolute atomic E-state index is 12.8. The van der Waals surface area contributed by atoms with E-state index < -0.39 is 11.9 Å². The van der Waals surface area contributed by atoms with Crippen molar-refractivity contribution in [2.75, 3.05) is 0 Å². The molecule has 1 aromatic heterocycles. The second-order valence-electron chi connectivity index (χ2n) is 3.94. The second kappa shape index (κ2) is 6.22. The Hall–Kier alpha value is -2.04. The van der Waals surface area contributed by atoms with E-state index in [0.29, 0.717) is 5.57 Å². The molecule has 1 heterocycles. The third-order valence-electron chi connectivity index (χ3n) is 2.28. The van der Waals surface area contributed by atoms with Gasteiger partial charge in [-0.15, -0.1) is 0 Å². The highest BCUT2D eigenvalue weighted by molar-refractivity contribution is 5.63. The summed E-state index contributed by atoms with van der Waals surface area (Å²) in [5, 5.41) is 3.56. The molecule has 0 N–H and O–H groups in total. The molecular weight excluding hydrogens is 253 g/mol. The standard InChI is InChI=1S/C14H15F3N2/c1-4-5-6-7-8-9-19-10-12(11(2)3)13(18-19)14(15,16)17/h4-8,10H,1-2,9H2,3H3/b6-5-,8-7-. The number of aromatic nitrogens is 2. The van der Waals surface area contributed by atoms with Crippen molar-refractivity contribution in [1.29, 1.82) is 0 Å². The maximum atomic E-state index is 12.8. The molecule has 0 saturated carbocycles. The number of hydrogen-bond acceptors (Lipinski definition) is 1. The van der Waals surface area contributed by atoms with Crippen LogP contribution in [0.5, 0.6) is 0 Å². The van der Waals surface area contributed by atoms with Crippen molar-refractivity contribution in [3.63, 3.8) is 0 Å². The first-order valence-corrected chi connectivity index (χ1v) is 5.61. The van der Waals surface area contributed by atoms with Crippen molar-refractivity contribution < 1.29 is 13.2 Å².